The molecule has 0 bridgehead atoms. The molecule has 0 unspecified atom stereocenters. The molecule has 4 rings (SSSR count). The van der Waals surface area contributed by atoms with Gasteiger partial charge in [0.15, 0.2) is 0 Å². The van der Waals surface area contributed by atoms with Crippen molar-refractivity contribution in [3.63, 3.8) is 0 Å². The lowest BCUT2D eigenvalue weighted by molar-refractivity contribution is -0.130. The van der Waals surface area contributed by atoms with Gasteiger partial charge in [-0.25, -0.2) is 9.97 Å². The normalized spacial score (nSPS) is 18.9. The summed E-state index contributed by atoms with van der Waals surface area (Å²) in [6, 6.07) is 7.75. The monoisotopic (exact) mass is 408 g/mol. The van der Waals surface area contributed by atoms with Crippen molar-refractivity contribution in [2.75, 3.05) is 25.1 Å². The third-order valence-corrected chi connectivity index (χ3v) is 6.09. The molecule has 1 aromatic heterocycles. The van der Waals surface area contributed by atoms with Gasteiger partial charge >= 0.3 is 0 Å². The summed E-state index contributed by atoms with van der Waals surface area (Å²) in [7, 11) is 1.64. The van der Waals surface area contributed by atoms with E-state index >= 15 is 0 Å². The number of hydrogen-bond donors (Lipinski definition) is 0. The molecule has 3 heterocycles. The molecule has 158 valence electrons. The van der Waals surface area contributed by atoms with Crippen molar-refractivity contribution < 1.29 is 14.3 Å². The summed E-state index contributed by atoms with van der Waals surface area (Å²) in [5.41, 5.74) is 3.00. The summed E-state index contributed by atoms with van der Waals surface area (Å²) in [6.07, 6.45) is 3.03. The van der Waals surface area contributed by atoms with Crippen LogP contribution < -0.4 is 9.64 Å². The summed E-state index contributed by atoms with van der Waals surface area (Å²) >= 11 is 0. The Morgan fingerprint density at radius 3 is 2.67 bits per heavy atom. The number of fused-ring (bicyclic) bond motifs is 1. The third kappa shape index (κ3) is 4.01. The van der Waals surface area contributed by atoms with Crippen LogP contribution in [-0.4, -0.2) is 46.9 Å². The Morgan fingerprint density at radius 1 is 1.20 bits per heavy atom. The van der Waals surface area contributed by atoms with Crippen LogP contribution in [0.25, 0.3) is 0 Å². The number of aryl methyl sites for hydroxylation is 1. The van der Waals surface area contributed by atoms with E-state index in [9.17, 15) is 9.59 Å². The lowest BCUT2D eigenvalue weighted by Crippen LogP contribution is -2.39. The van der Waals surface area contributed by atoms with E-state index in [1.165, 1.54) is 0 Å². The van der Waals surface area contributed by atoms with Gasteiger partial charge < -0.3 is 9.64 Å². The highest BCUT2D eigenvalue weighted by atomic mass is 16.5. The van der Waals surface area contributed by atoms with Gasteiger partial charge in [0.1, 0.15) is 17.4 Å². The molecular formula is C23H28N4O3. The van der Waals surface area contributed by atoms with Crippen molar-refractivity contribution in [1.82, 2.24) is 14.9 Å². The standard InChI is InChI=1S/C23H28N4O3/c1-15-20-10-11-21(29)27(13-17-6-8-19(30-3)9-7-17)23(20)25-22(24-15)18-5-4-12-26(14-18)16(2)28/h6-9,18H,4-5,10-14H2,1-3H3/t18-/m1/s1. The molecule has 1 saturated heterocycles. The van der Waals surface area contributed by atoms with Crippen LogP contribution in [0.4, 0.5) is 5.82 Å². The maximum atomic E-state index is 12.8. The van der Waals surface area contributed by atoms with E-state index in [-0.39, 0.29) is 17.7 Å². The summed E-state index contributed by atoms with van der Waals surface area (Å²) < 4.78 is 5.23. The number of ether oxygens (including phenoxy) is 1. The van der Waals surface area contributed by atoms with Crippen molar-refractivity contribution in [2.45, 2.75) is 52.0 Å². The van der Waals surface area contributed by atoms with Crippen LogP contribution in [0.5, 0.6) is 5.75 Å². The number of methoxy groups -OCH3 is 1. The molecule has 0 aliphatic carbocycles. The van der Waals surface area contributed by atoms with Crippen LogP contribution in [0, 0.1) is 6.92 Å². The fraction of sp³-hybridized carbons (Fsp3) is 0.478. The Labute approximate surface area is 177 Å². The van der Waals surface area contributed by atoms with Crippen LogP contribution in [0.15, 0.2) is 24.3 Å². The first kappa shape index (κ1) is 20.3. The van der Waals surface area contributed by atoms with Crippen LogP contribution >= 0.6 is 0 Å². The first-order valence-corrected chi connectivity index (χ1v) is 10.5. The lowest BCUT2D eigenvalue weighted by Gasteiger charge is -2.33. The maximum absolute atomic E-state index is 12.8. The fourth-order valence-corrected chi connectivity index (χ4v) is 4.34. The molecule has 0 spiro atoms. The topological polar surface area (TPSA) is 75.6 Å². The maximum Gasteiger partial charge on any atom is 0.228 e. The third-order valence-electron chi connectivity index (χ3n) is 6.09. The zero-order chi connectivity index (χ0) is 21.3. The fourth-order valence-electron chi connectivity index (χ4n) is 4.34. The van der Waals surface area contributed by atoms with Crippen LogP contribution in [0.1, 0.15) is 54.7 Å². The summed E-state index contributed by atoms with van der Waals surface area (Å²) in [4.78, 5) is 38.0. The molecule has 1 fully saturated rings. The number of carbonyl (C=O) groups is 2. The molecule has 30 heavy (non-hydrogen) atoms. The number of amides is 2. The van der Waals surface area contributed by atoms with Gasteiger partial charge in [-0.3, -0.25) is 14.5 Å². The van der Waals surface area contributed by atoms with Crippen LogP contribution in [-0.2, 0) is 22.6 Å². The zero-order valence-electron chi connectivity index (χ0n) is 17.9. The minimum atomic E-state index is 0.0800. The van der Waals surface area contributed by atoms with E-state index in [4.69, 9.17) is 14.7 Å². The Bertz CT molecular complexity index is 958. The van der Waals surface area contributed by atoms with Gasteiger partial charge in [-0.2, -0.15) is 0 Å². The first-order valence-electron chi connectivity index (χ1n) is 10.5. The highest BCUT2D eigenvalue weighted by Gasteiger charge is 2.31. The largest absolute Gasteiger partial charge is 0.497 e. The predicted molar refractivity (Wildman–Crippen MR) is 114 cm³/mol. The van der Waals surface area contributed by atoms with E-state index in [0.29, 0.717) is 25.9 Å². The van der Waals surface area contributed by atoms with Gasteiger partial charge in [-0.05, 0) is 43.9 Å². The summed E-state index contributed by atoms with van der Waals surface area (Å²) in [5.74, 6) is 2.53. The summed E-state index contributed by atoms with van der Waals surface area (Å²) in [6.45, 7) is 5.50. The first-order chi connectivity index (χ1) is 14.5. The minimum Gasteiger partial charge on any atom is -0.497 e. The molecule has 2 aliphatic heterocycles. The lowest BCUT2D eigenvalue weighted by atomic mass is 9.96. The SMILES string of the molecule is COc1ccc(CN2C(=O)CCc3c(C)nc([C@@H]4CCCN(C(C)=O)C4)nc32)cc1. The molecule has 0 N–H and O–H groups in total. The highest BCUT2D eigenvalue weighted by molar-refractivity contribution is 5.95. The van der Waals surface area contributed by atoms with Gasteiger partial charge in [0.05, 0.1) is 13.7 Å². The number of rotatable bonds is 4. The van der Waals surface area contributed by atoms with Crippen molar-refractivity contribution in [3.05, 3.63) is 46.9 Å². The number of hydrogen-bond acceptors (Lipinski definition) is 5. The van der Waals surface area contributed by atoms with Crippen molar-refractivity contribution in [3.8, 4) is 5.75 Å². The Hall–Kier alpha value is -2.96. The number of aromatic nitrogens is 2. The Morgan fingerprint density at radius 2 is 1.97 bits per heavy atom. The van der Waals surface area contributed by atoms with Gasteiger partial charge in [0, 0.05) is 43.6 Å². The molecule has 1 atom stereocenters. The molecule has 0 radical (unpaired) electrons. The molecule has 2 aliphatic rings. The van der Waals surface area contributed by atoms with Gasteiger partial charge in [0.2, 0.25) is 11.8 Å². The van der Waals surface area contributed by atoms with E-state index in [2.05, 4.69) is 0 Å². The second-order valence-corrected chi connectivity index (χ2v) is 8.10. The average Bonchev–Trinajstić information content (AvgIpc) is 2.76. The number of likely N-dealkylation sites (tertiary alicyclic amines) is 1. The summed E-state index contributed by atoms with van der Waals surface area (Å²) in [5, 5.41) is 0. The van der Waals surface area contributed by atoms with E-state index in [1.54, 1.807) is 18.9 Å². The average molecular weight is 409 g/mol. The number of anilines is 1. The van der Waals surface area contributed by atoms with Crippen LogP contribution in [0.2, 0.25) is 0 Å². The quantitative estimate of drug-likeness (QED) is 0.777. The number of nitrogens with zero attached hydrogens (tertiary/aromatic N) is 4. The van der Waals surface area contributed by atoms with E-state index in [1.807, 2.05) is 36.1 Å². The molecular weight excluding hydrogens is 380 g/mol. The zero-order valence-corrected chi connectivity index (χ0v) is 17.9. The van der Waals surface area contributed by atoms with Gasteiger partial charge in [-0.15, -0.1) is 0 Å². The van der Waals surface area contributed by atoms with Crippen molar-refractivity contribution in [2.24, 2.45) is 0 Å². The molecule has 0 saturated carbocycles. The predicted octanol–water partition coefficient (Wildman–Crippen LogP) is 3.00. The molecule has 7 nitrogen and oxygen atoms in total. The number of benzene rings is 1. The van der Waals surface area contributed by atoms with Gasteiger partial charge in [-0.1, -0.05) is 12.1 Å². The van der Waals surface area contributed by atoms with Crippen LogP contribution in [0.3, 0.4) is 0 Å². The van der Waals surface area contributed by atoms with E-state index < -0.39 is 0 Å². The highest BCUT2D eigenvalue weighted by Crippen LogP contribution is 2.33. The smallest absolute Gasteiger partial charge is 0.228 e. The molecule has 7 heteroatoms. The molecule has 1 aromatic carbocycles. The second-order valence-electron chi connectivity index (χ2n) is 8.10. The van der Waals surface area contributed by atoms with Crippen molar-refractivity contribution in [1.29, 1.82) is 0 Å². The number of carbonyl (C=O) groups excluding carboxylic acids is 2. The molecule has 2 amide bonds. The molecule has 2 aromatic rings. The van der Waals surface area contributed by atoms with E-state index in [0.717, 1.165) is 53.6 Å². The van der Waals surface area contributed by atoms with Crippen molar-refractivity contribution >= 4 is 17.6 Å². The second kappa shape index (κ2) is 8.42. The Kier molecular flexibility index (Phi) is 5.70. The Balaban J connectivity index is 1.65. The minimum absolute atomic E-state index is 0.0800. The van der Waals surface area contributed by atoms with Gasteiger partial charge in [0.25, 0.3) is 0 Å². The number of piperidine rings is 1.